The molecule has 5 aromatic heterocycles. The van der Waals surface area contributed by atoms with Crippen LogP contribution in [-0.4, -0.2) is 82.4 Å². The van der Waals surface area contributed by atoms with Crippen LogP contribution in [0.15, 0.2) is 48.9 Å². The van der Waals surface area contributed by atoms with Gasteiger partial charge in [0.15, 0.2) is 0 Å². The van der Waals surface area contributed by atoms with Gasteiger partial charge in [-0.15, -0.1) is 0 Å². The number of aromatic amines is 2. The zero-order valence-electron chi connectivity index (χ0n) is 19.6. The van der Waals surface area contributed by atoms with E-state index >= 15 is 0 Å². The lowest BCUT2D eigenvalue weighted by atomic mass is 10.1. The van der Waals surface area contributed by atoms with E-state index in [1.54, 1.807) is 0 Å². The highest BCUT2D eigenvalue weighted by molar-refractivity contribution is 5.98. The molecule has 172 valence electrons. The molecule has 1 fully saturated rings. The summed E-state index contributed by atoms with van der Waals surface area (Å²) in [4.78, 5) is 24.4. The molecule has 6 rings (SSSR count). The van der Waals surface area contributed by atoms with Crippen molar-refractivity contribution in [3.05, 3.63) is 48.9 Å². The van der Waals surface area contributed by atoms with Gasteiger partial charge in [-0.25, -0.2) is 9.97 Å². The SMILES string of the molecule is CN1CCN(c2nccc3[nH]c(-c4n[nH]c5ccc(-c6cncc(N(C)C)c6)nc45)cc23)CC1. The van der Waals surface area contributed by atoms with Crippen LogP contribution in [0.25, 0.3) is 44.6 Å². The number of likely N-dealkylation sites (N-methyl/N-ethyl adjacent to an activating group) is 1. The molecule has 1 saturated heterocycles. The van der Waals surface area contributed by atoms with Crippen molar-refractivity contribution in [3.63, 3.8) is 0 Å². The summed E-state index contributed by atoms with van der Waals surface area (Å²) in [5.74, 6) is 1.02. The maximum absolute atomic E-state index is 4.97. The van der Waals surface area contributed by atoms with Crippen LogP contribution in [0.4, 0.5) is 11.5 Å². The Bertz CT molecular complexity index is 1470. The lowest BCUT2D eigenvalue weighted by Gasteiger charge is -2.33. The Kier molecular flexibility index (Phi) is 4.91. The summed E-state index contributed by atoms with van der Waals surface area (Å²) >= 11 is 0. The molecular formula is C25H27N9. The molecule has 0 saturated carbocycles. The Morgan fingerprint density at radius 2 is 1.82 bits per heavy atom. The summed E-state index contributed by atoms with van der Waals surface area (Å²) in [5, 5.41) is 8.85. The van der Waals surface area contributed by atoms with Crippen LogP contribution < -0.4 is 9.80 Å². The van der Waals surface area contributed by atoms with E-state index in [1.165, 1.54) is 0 Å². The standard InChI is InChI=1S/C25H27N9/c1-32(2)17-12-16(14-26-15-17)19-4-5-21-23(29-19)24(31-30-21)22-13-18-20(28-22)6-7-27-25(18)34-10-8-33(3)9-11-34/h4-7,12-15,28H,8-11H2,1-3H3,(H,30,31). The van der Waals surface area contributed by atoms with Crippen LogP contribution in [0.2, 0.25) is 0 Å². The highest BCUT2D eigenvalue weighted by Crippen LogP contribution is 2.33. The quantitative estimate of drug-likeness (QED) is 0.431. The first kappa shape index (κ1) is 20.6. The third-order valence-electron chi connectivity index (χ3n) is 6.53. The molecule has 1 aliphatic heterocycles. The summed E-state index contributed by atoms with van der Waals surface area (Å²) in [6, 6.07) is 10.3. The largest absolute Gasteiger partial charge is 0.376 e. The van der Waals surface area contributed by atoms with Crippen LogP contribution >= 0.6 is 0 Å². The molecule has 0 amide bonds. The number of hydrogen-bond donors (Lipinski definition) is 2. The molecule has 5 aromatic rings. The number of nitrogens with zero attached hydrogens (tertiary/aromatic N) is 7. The second-order valence-corrected chi connectivity index (χ2v) is 9.06. The van der Waals surface area contributed by atoms with E-state index in [0.29, 0.717) is 0 Å². The minimum Gasteiger partial charge on any atom is -0.376 e. The zero-order valence-corrected chi connectivity index (χ0v) is 19.6. The summed E-state index contributed by atoms with van der Waals surface area (Å²) < 4.78 is 0. The third kappa shape index (κ3) is 3.54. The highest BCUT2D eigenvalue weighted by Gasteiger charge is 2.20. The van der Waals surface area contributed by atoms with Gasteiger partial charge in [0, 0.05) is 63.6 Å². The van der Waals surface area contributed by atoms with Crippen LogP contribution in [-0.2, 0) is 0 Å². The third-order valence-corrected chi connectivity index (χ3v) is 6.53. The van der Waals surface area contributed by atoms with Gasteiger partial charge in [0.05, 0.1) is 34.3 Å². The minimum atomic E-state index is 0.800. The van der Waals surface area contributed by atoms with Gasteiger partial charge in [-0.3, -0.25) is 10.1 Å². The van der Waals surface area contributed by atoms with Gasteiger partial charge in [-0.05, 0) is 37.4 Å². The van der Waals surface area contributed by atoms with E-state index in [2.05, 4.69) is 49.1 Å². The maximum Gasteiger partial charge on any atom is 0.138 e. The molecule has 1 aliphatic rings. The second kappa shape index (κ2) is 8.11. The summed E-state index contributed by atoms with van der Waals surface area (Å²) in [7, 11) is 6.18. The van der Waals surface area contributed by atoms with E-state index in [4.69, 9.17) is 9.97 Å². The molecule has 34 heavy (non-hydrogen) atoms. The lowest BCUT2D eigenvalue weighted by molar-refractivity contribution is 0.312. The Morgan fingerprint density at radius 1 is 0.971 bits per heavy atom. The van der Waals surface area contributed by atoms with Crippen LogP contribution in [0.1, 0.15) is 0 Å². The number of anilines is 2. The number of aromatic nitrogens is 6. The Morgan fingerprint density at radius 3 is 2.65 bits per heavy atom. The second-order valence-electron chi connectivity index (χ2n) is 9.06. The van der Waals surface area contributed by atoms with Gasteiger partial charge in [-0.1, -0.05) is 0 Å². The fraction of sp³-hybridized carbons (Fsp3) is 0.280. The Labute approximate surface area is 197 Å². The van der Waals surface area contributed by atoms with Gasteiger partial charge in [0.2, 0.25) is 0 Å². The molecule has 0 unspecified atom stereocenters. The van der Waals surface area contributed by atoms with Gasteiger partial charge in [-0.2, -0.15) is 5.10 Å². The Balaban J connectivity index is 1.42. The minimum absolute atomic E-state index is 0.800. The number of nitrogens with one attached hydrogen (secondary N) is 2. The predicted molar refractivity (Wildman–Crippen MR) is 136 cm³/mol. The smallest absolute Gasteiger partial charge is 0.138 e. The topological polar surface area (TPSA) is 92.9 Å². The summed E-state index contributed by atoms with van der Waals surface area (Å²) in [5.41, 5.74) is 7.37. The maximum atomic E-state index is 4.97. The summed E-state index contributed by atoms with van der Waals surface area (Å²) in [6.07, 6.45) is 5.57. The average molecular weight is 454 g/mol. The summed E-state index contributed by atoms with van der Waals surface area (Å²) in [6.45, 7) is 4.02. The van der Waals surface area contributed by atoms with Crippen molar-refractivity contribution in [2.75, 3.05) is 57.1 Å². The van der Waals surface area contributed by atoms with Gasteiger partial charge in [0.25, 0.3) is 0 Å². The highest BCUT2D eigenvalue weighted by atomic mass is 15.3. The molecule has 0 aromatic carbocycles. The van der Waals surface area contributed by atoms with Gasteiger partial charge >= 0.3 is 0 Å². The average Bonchev–Trinajstić information content (AvgIpc) is 3.48. The number of piperazine rings is 1. The molecule has 0 bridgehead atoms. The molecule has 0 aliphatic carbocycles. The van der Waals surface area contributed by atoms with Crippen molar-refractivity contribution >= 4 is 33.4 Å². The number of rotatable bonds is 4. The van der Waals surface area contributed by atoms with E-state index in [0.717, 1.165) is 82.3 Å². The van der Waals surface area contributed by atoms with E-state index in [9.17, 15) is 0 Å². The van der Waals surface area contributed by atoms with Gasteiger partial charge < -0.3 is 19.7 Å². The number of H-pyrrole nitrogens is 2. The molecule has 0 radical (unpaired) electrons. The fourth-order valence-corrected chi connectivity index (χ4v) is 4.50. The molecular weight excluding hydrogens is 426 g/mol. The Hall–Kier alpha value is -3.98. The van der Waals surface area contributed by atoms with Crippen LogP contribution in [0, 0.1) is 0 Å². The van der Waals surface area contributed by atoms with Crippen molar-refractivity contribution in [1.29, 1.82) is 0 Å². The van der Waals surface area contributed by atoms with Crippen molar-refractivity contribution in [2.24, 2.45) is 0 Å². The lowest BCUT2D eigenvalue weighted by Crippen LogP contribution is -2.44. The molecule has 6 heterocycles. The normalized spacial score (nSPS) is 14.9. The number of pyridine rings is 3. The first-order valence-electron chi connectivity index (χ1n) is 11.5. The van der Waals surface area contributed by atoms with Crippen LogP contribution in [0.5, 0.6) is 0 Å². The van der Waals surface area contributed by atoms with E-state index in [-0.39, 0.29) is 0 Å². The first-order chi connectivity index (χ1) is 16.6. The number of hydrogen-bond acceptors (Lipinski definition) is 7. The molecule has 0 atom stereocenters. The zero-order chi connectivity index (χ0) is 23.2. The van der Waals surface area contributed by atoms with E-state index < -0.39 is 0 Å². The molecule has 2 N–H and O–H groups in total. The number of fused-ring (bicyclic) bond motifs is 2. The van der Waals surface area contributed by atoms with E-state index in [1.807, 2.05) is 55.8 Å². The van der Waals surface area contributed by atoms with Crippen LogP contribution in [0.3, 0.4) is 0 Å². The van der Waals surface area contributed by atoms with Gasteiger partial charge in [0.1, 0.15) is 17.0 Å². The van der Waals surface area contributed by atoms with Crippen molar-refractivity contribution in [1.82, 2.24) is 35.0 Å². The van der Waals surface area contributed by atoms with Crippen molar-refractivity contribution in [2.45, 2.75) is 0 Å². The first-order valence-corrected chi connectivity index (χ1v) is 11.5. The fourth-order valence-electron chi connectivity index (χ4n) is 4.50. The molecule has 0 spiro atoms. The monoisotopic (exact) mass is 453 g/mol. The predicted octanol–water partition coefficient (Wildman–Crippen LogP) is 3.38. The molecule has 9 heteroatoms. The molecule has 9 nitrogen and oxygen atoms in total. The van der Waals surface area contributed by atoms with Crippen molar-refractivity contribution in [3.8, 4) is 22.6 Å². The van der Waals surface area contributed by atoms with Crippen molar-refractivity contribution < 1.29 is 0 Å².